The number of nitrogens with zero attached hydrogens (tertiary/aromatic N) is 4. The van der Waals surface area contributed by atoms with Gasteiger partial charge in [0.15, 0.2) is 0 Å². The second-order valence-electron chi connectivity index (χ2n) is 4.18. The molecule has 0 unspecified atom stereocenters. The molecule has 0 saturated carbocycles. The minimum atomic E-state index is -0.163. The number of hydrogen-bond acceptors (Lipinski definition) is 5. The van der Waals surface area contributed by atoms with E-state index in [1.807, 2.05) is 17.0 Å². The Bertz CT molecular complexity index is 319. The summed E-state index contributed by atoms with van der Waals surface area (Å²) in [6.07, 6.45) is 1.79. The molecule has 2 N–H and O–H groups in total. The van der Waals surface area contributed by atoms with Crippen LogP contribution in [0.1, 0.15) is 12.8 Å². The molecule has 1 aliphatic heterocycles. The molecule has 0 radical (unpaired) electrons. The van der Waals surface area contributed by atoms with E-state index in [1.165, 1.54) is 4.90 Å². The third kappa shape index (κ3) is 4.39. The molecule has 0 aromatic rings. The van der Waals surface area contributed by atoms with E-state index < -0.39 is 0 Å². The fourth-order valence-electron chi connectivity index (χ4n) is 1.81. The van der Waals surface area contributed by atoms with Crippen LogP contribution in [0.2, 0.25) is 0 Å². The van der Waals surface area contributed by atoms with E-state index in [0.29, 0.717) is 0 Å². The van der Waals surface area contributed by atoms with Gasteiger partial charge in [0.05, 0.1) is 18.7 Å². The fraction of sp³-hybridized carbons (Fsp3) is 0.727. The molecule has 1 fully saturated rings. The lowest BCUT2D eigenvalue weighted by Gasteiger charge is -2.30. The van der Waals surface area contributed by atoms with Crippen molar-refractivity contribution in [1.29, 1.82) is 10.5 Å². The highest BCUT2D eigenvalue weighted by Crippen LogP contribution is 2.08. The summed E-state index contributed by atoms with van der Waals surface area (Å²) in [6.45, 7) is 1.83. The maximum absolute atomic E-state index is 11.8. The number of piperidine rings is 1. The highest BCUT2D eigenvalue weighted by atomic mass is 16.2. The normalized spacial score (nSPS) is 17.1. The molecule has 6 heteroatoms. The van der Waals surface area contributed by atoms with Crippen LogP contribution in [0.15, 0.2) is 0 Å². The highest BCUT2D eigenvalue weighted by Gasteiger charge is 2.21. The minimum Gasteiger partial charge on any atom is -0.328 e. The Kier molecular flexibility index (Phi) is 5.41. The van der Waals surface area contributed by atoms with E-state index in [-0.39, 0.29) is 31.6 Å². The molecule has 1 heterocycles. The first-order valence-corrected chi connectivity index (χ1v) is 5.67. The third-order valence-corrected chi connectivity index (χ3v) is 2.87. The summed E-state index contributed by atoms with van der Waals surface area (Å²) < 4.78 is 0. The summed E-state index contributed by atoms with van der Waals surface area (Å²) in [5, 5.41) is 17.1. The summed E-state index contributed by atoms with van der Waals surface area (Å²) in [5.41, 5.74) is 5.77. The Morgan fingerprint density at radius 1 is 1.29 bits per heavy atom. The number of carbonyl (C=O) groups excluding carboxylic acids is 1. The van der Waals surface area contributed by atoms with Gasteiger partial charge in [-0.3, -0.25) is 9.69 Å². The molecule has 1 rings (SSSR count). The highest BCUT2D eigenvalue weighted by molar-refractivity contribution is 5.78. The van der Waals surface area contributed by atoms with Crippen molar-refractivity contribution in [2.45, 2.75) is 18.9 Å². The average Bonchev–Trinajstić information content (AvgIpc) is 2.32. The summed E-state index contributed by atoms with van der Waals surface area (Å²) in [6, 6.07) is 4.02. The quantitative estimate of drug-likeness (QED) is 0.649. The molecule has 1 amide bonds. The van der Waals surface area contributed by atoms with Crippen LogP contribution in [0.3, 0.4) is 0 Å². The van der Waals surface area contributed by atoms with Crippen LogP contribution in [0.4, 0.5) is 0 Å². The Hall–Kier alpha value is -1.63. The van der Waals surface area contributed by atoms with Crippen molar-refractivity contribution >= 4 is 5.91 Å². The number of nitriles is 2. The first-order valence-electron chi connectivity index (χ1n) is 5.67. The zero-order valence-electron chi connectivity index (χ0n) is 9.80. The van der Waals surface area contributed by atoms with Crippen LogP contribution in [-0.2, 0) is 4.79 Å². The van der Waals surface area contributed by atoms with Crippen LogP contribution >= 0.6 is 0 Å². The molecule has 0 aliphatic carbocycles. The molecule has 1 aliphatic rings. The van der Waals surface area contributed by atoms with Gasteiger partial charge >= 0.3 is 0 Å². The number of hydrogen-bond donors (Lipinski definition) is 1. The maximum atomic E-state index is 11.8. The molecular weight excluding hydrogens is 218 g/mol. The molecular formula is C11H17N5O. The largest absolute Gasteiger partial charge is 0.328 e. The number of amides is 1. The van der Waals surface area contributed by atoms with Gasteiger partial charge in [0.2, 0.25) is 5.91 Å². The molecule has 0 bridgehead atoms. The zero-order valence-corrected chi connectivity index (χ0v) is 9.80. The summed E-state index contributed by atoms with van der Waals surface area (Å²) >= 11 is 0. The Morgan fingerprint density at radius 2 is 1.82 bits per heavy atom. The molecule has 0 aromatic heterocycles. The van der Waals surface area contributed by atoms with Gasteiger partial charge in [-0.1, -0.05) is 0 Å². The predicted octanol–water partition coefficient (Wildman–Crippen LogP) is -0.715. The summed E-state index contributed by atoms with van der Waals surface area (Å²) in [4.78, 5) is 15.1. The first kappa shape index (κ1) is 13.4. The van der Waals surface area contributed by atoms with E-state index in [4.69, 9.17) is 16.3 Å². The van der Waals surface area contributed by atoms with Crippen molar-refractivity contribution < 1.29 is 4.79 Å². The number of carbonyl (C=O) groups is 1. The van der Waals surface area contributed by atoms with E-state index >= 15 is 0 Å². The first-order chi connectivity index (χ1) is 8.17. The Balaban J connectivity index is 2.41. The van der Waals surface area contributed by atoms with Crippen LogP contribution in [-0.4, -0.2) is 54.5 Å². The van der Waals surface area contributed by atoms with Gasteiger partial charge in [0, 0.05) is 19.1 Å². The van der Waals surface area contributed by atoms with Gasteiger partial charge in [-0.15, -0.1) is 0 Å². The molecule has 0 spiro atoms. The number of rotatable bonds is 4. The lowest BCUT2D eigenvalue weighted by Crippen LogP contribution is -2.46. The second-order valence-corrected chi connectivity index (χ2v) is 4.18. The SMILES string of the molecule is N#CCN(CC#N)C(=O)CN1CCC(N)CC1. The molecule has 6 nitrogen and oxygen atoms in total. The second kappa shape index (κ2) is 6.85. The molecule has 1 saturated heterocycles. The monoisotopic (exact) mass is 235 g/mol. The average molecular weight is 235 g/mol. The fourth-order valence-corrected chi connectivity index (χ4v) is 1.81. The summed E-state index contributed by atoms with van der Waals surface area (Å²) in [5.74, 6) is -0.163. The minimum absolute atomic E-state index is 0.0280. The van der Waals surface area contributed by atoms with Crippen LogP contribution < -0.4 is 5.73 Å². The number of likely N-dealkylation sites (tertiary alicyclic amines) is 1. The zero-order chi connectivity index (χ0) is 12.7. The van der Waals surface area contributed by atoms with E-state index in [9.17, 15) is 4.79 Å². The van der Waals surface area contributed by atoms with Gasteiger partial charge in [0.1, 0.15) is 13.1 Å². The van der Waals surface area contributed by atoms with Gasteiger partial charge in [-0.2, -0.15) is 10.5 Å². The van der Waals surface area contributed by atoms with E-state index in [0.717, 1.165) is 25.9 Å². The molecule has 92 valence electrons. The lowest BCUT2D eigenvalue weighted by molar-refractivity contribution is -0.131. The van der Waals surface area contributed by atoms with Crippen molar-refractivity contribution in [1.82, 2.24) is 9.80 Å². The van der Waals surface area contributed by atoms with Crippen LogP contribution in [0.5, 0.6) is 0 Å². The smallest absolute Gasteiger partial charge is 0.238 e. The van der Waals surface area contributed by atoms with Crippen molar-refractivity contribution in [2.75, 3.05) is 32.7 Å². The van der Waals surface area contributed by atoms with Crippen molar-refractivity contribution in [3.05, 3.63) is 0 Å². The molecule has 17 heavy (non-hydrogen) atoms. The molecule has 0 atom stereocenters. The molecule has 0 aromatic carbocycles. The van der Waals surface area contributed by atoms with Crippen LogP contribution in [0.25, 0.3) is 0 Å². The van der Waals surface area contributed by atoms with Crippen molar-refractivity contribution in [3.63, 3.8) is 0 Å². The van der Waals surface area contributed by atoms with Gasteiger partial charge < -0.3 is 10.6 Å². The van der Waals surface area contributed by atoms with Gasteiger partial charge in [0.25, 0.3) is 0 Å². The summed E-state index contributed by atoms with van der Waals surface area (Å²) in [7, 11) is 0. The maximum Gasteiger partial charge on any atom is 0.238 e. The predicted molar refractivity (Wildman–Crippen MR) is 61.5 cm³/mol. The van der Waals surface area contributed by atoms with Crippen molar-refractivity contribution in [3.8, 4) is 12.1 Å². The standard InChI is InChI=1S/C11H17N5O/c12-3-7-16(8-4-13)11(17)9-15-5-1-10(14)2-6-15/h10H,1-2,5-9,14H2. The Morgan fingerprint density at radius 3 is 2.29 bits per heavy atom. The number of nitrogens with two attached hydrogens (primary N) is 1. The van der Waals surface area contributed by atoms with E-state index in [1.54, 1.807) is 0 Å². The van der Waals surface area contributed by atoms with Crippen LogP contribution in [0, 0.1) is 22.7 Å². The Labute approximate surface area is 101 Å². The van der Waals surface area contributed by atoms with Gasteiger partial charge in [-0.05, 0) is 12.8 Å². The third-order valence-electron chi connectivity index (χ3n) is 2.87. The lowest BCUT2D eigenvalue weighted by atomic mass is 10.1. The van der Waals surface area contributed by atoms with Crippen molar-refractivity contribution in [2.24, 2.45) is 5.73 Å². The topological polar surface area (TPSA) is 97.1 Å². The van der Waals surface area contributed by atoms with E-state index in [2.05, 4.69) is 0 Å². The van der Waals surface area contributed by atoms with Gasteiger partial charge in [-0.25, -0.2) is 0 Å².